The Morgan fingerprint density at radius 1 is 1.29 bits per heavy atom. The third-order valence-corrected chi connectivity index (χ3v) is 2.53. The van der Waals surface area contributed by atoms with Crippen LogP contribution in [0, 0.1) is 6.92 Å². The van der Waals surface area contributed by atoms with E-state index in [0.29, 0.717) is 6.54 Å². The van der Waals surface area contributed by atoms with Gasteiger partial charge in [0, 0.05) is 46.5 Å². The molecule has 98 valence electrons. The predicted molar refractivity (Wildman–Crippen MR) is 81.9 cm³/mol. The summed E-state index contributed by atoms with van der Waals surface area (Å²) in [4.78, 5) is 8.59. The quantitative estimate of drug-likeness (QED) is 0.458. The summed E-state index contributed by atoms with van der Waals surface area (Å²) in [5.74, 6) is 0.961. The summed E-state index contributed by atoms with van der Waals surface area (Å²) in [6.07, 6.45) is 1.88. The molecule has 6 heteroatoms. The highest BCUT2D eigenvalue weighted by molar-refractivity contribution is 14.0. The molecule has 0 saturated heterocycles. The molecule has 0 bridgehead atoms. The average Bonchev–Trinajstić information content (AvgIpc) is 2.48. The summed E-state index contributed by atoms with van der Waals surface area (Å²) in [6, 6.07) is 0. The number of guanidine groups is 1. The lowest BCUT2D eigenvalue weighted by molar-refractivity contribution is 0.479. The summed E-state index contributed by atoms with van der Waals surface area (Å²) in [5.41, 5.74) is 2.34. The third-order valence-electron chi connectivity index (χ3n) is 2.53. The van der Waals surface area contributed by atoms with Gasteiger partial charge < -0.3 is 9.80 Å². The Labute approximate surface area is 121 Å². The lowest BCUT2D eigenvalue weighted by atomic mass is 10.3. The van der Waals surface area contributed by atoms with Gasteiger partial charge in [-0.1, -0.05) is 0 Å². The number of nitrogens with zero attached hydrogens (tertiary/aromatic N) is 5. The second-order valence-electron chi connectivity index (χ2n) is 4.28. The first-order chi connectivity index (χ1) is 7.43. The molecular weight excluding hydrogens is 329 g/mol. The Kier molecular flexibility index (Phi) is 6.51. The Morgan fingerprint density at radius 2 is 1.82 bits per heavy atom. The van der Waals surface area contributed by atoms with E-state index in [9.17, 15) is 0 Å². The van der Waals surface area contributed by atoms with Gasteiger partial charge in [-0.2, -0.15) is 5.10 Å². The molecule has 17 heavy (non-hydrogen) atoms. The van der Waals surface area contributed by atoms with Crippen LogP contribution < -0.4 is 0 Å². The van der Waals surface area contributed by atoms with E-state index in [1.54, 1.807) is 0 Å². The zero-order chi connectivity index (χ0) is 12.3. The molecule has 0 fully saturated rings. The fourth-order valence-corrected chi connectivity index (χ4v) is 1.54. The highest BCUT2D eigenvalue weighted by Gasteiger charge is 2.06. The number of aromatic nitrogens is 2. The molecule has 1 aromatic rings. The van der Waals surface area contributed by atoms with Crippen LogP contribution in [0.2, 0.25) is 0 Å². The van der Waals surface area contributed by atoms with Crippen LogP contribution in [0.4, 0.5) is 0 Å². The molecule has 0 N–H and O–H groups in total. The summed E-state index contributed by atoms with van der Waals surface area (Å²) < 4.78 is 1.87. The van der Waals surface area contributed by atoms with Crippen molar-refractivity contribution in [2.45, 2.75) is 13.5 Å². The van der Waals surface area contributed by atoms with Gasteiger partial charge in [0.25, 0.3) is 0 Å². The lowest BCUT2D eigenvalue weighted by Crippen LogP contribution is -2.35. The molecule has 0 amide bonds. The maximum atomic E-state index is 4.58. The number of rotatable bonds is 2. The monoisotopic (exact) mass is 351 g/mol. The minimum atomic E-state index is 0. The van der Waals surface area contributed by atoms with E-state index >= 15 is 0 Å². The van der Waals surface area contributed by atoms with Crippen molar-refractivity contribution in [3.63, 3.8) is 0 Å². The molecule has 0 atom stereocenters. The van der Waals surface area contributed by atoms with E-state index in [4.69, 9.17) is 0 Å². The fourth-order valence-electron chi connectivity index (χ4n) is 1.54. The molecule has 0 saturated carbocycles. The first-order valence-electron chi connectivity index (χ1n) is 5.30. The Morgan fingerprint density at radius 3 is 2.18 bits per heavy atom. The van der Waals surface area contributed by atoms with Crippen molar-refractivity contribution in [3.05, 3.63) is 17.5 Å². The van der Waals surface area contributed by atoms with Gasteiger partial charge in [0.15, 0.2) is 5.96 Å². The maximum Gasteiger partial charge on any atom is 0.195 e. The van der Waals surface area contributed by atoms with Gasteiger partial charge in [-0.05, 0) is 6.92 Å². The van der Waals surface area contributed by atoms with Crippen molar-refractivity contribution in [3.8, 4) is 0 Å². The topological polar surface area (TPSA) is 36.7 Å². The molecule has 1 aromatic heterocycles. The summed E-state index contributed by atoms with van der Waals surface area (Å²) in [6.45, 7) is 2.73. The Hall–Kier alpha value is -0.790. The standard InChI is InChI=1S/C11H21N5.HI/c1-9-10(8-13-16(9)6)7-12-11(14(2)3)15(4)5;/h8H,7H2,1-6H3;1H. The maximum absolute atomic E-state index is 4.58. The van der Waals surface area contributed by atoms with Gasteiger partial charge in [-0.15, -0.1) is 24.0 Å². The van der Waals surface area contributed by atoms with Crippen LogP contribution in [0.25, 0.3) is 0 Å². The summed E-state index contributed by atoms with van der Waals surface area (Å²) in [5, 5.41) is 4.20. The SMILES string of the molecule is Cc1c(CN=C(N(C)C)N(C)C)cnn1C.I. The predicted octanol–water partition coefficient (Wildman–Crippen LogP) is 1.33. The fraction of sp³-hybridized carbons (Fsp3) is 0.636. The van der Waals surface area contributed by atoms with Crippen LogP contribution >= 0.6 is 24.0 Å². The molecule has 5 nitrogen and oxygen atoms in total. The normalized spacial score (nSPS) is 9.53. The zero-order valence-corrected chi connectivity index (χ0v) is 13.8. The minimum Gasteiger partial charge on any atom is -0.349 e. The van der Waals surface area contributed by atoms with Crippen LogP contribution in [-0.4, -0.2) is 53.7 Å². The summed E-state index contributed by atoms with van der Waals surface area (Å²) in [7, 11) is 9.93. The molecular formula is C11H22IN5. The third kappa shape index (κ3) is 4.18. The van der Waals surface area contributed by atoms with Crippen molar-refractivity contribution in [1.82, 2.24) is 19.6 Å². The van der Waals surface area contributed by atoms with Crippen LogP contribution in [0.15, 0.2) is 11.2 Å². The van der Waals surface area contributed by atoms with Crippen molar-refractivity contribution in [2.75, 3.05) is 28.2 Å². The van der Waals surface area contributed by atoms with Gasteiger partial charge in [-0.25, -0.2) is 4.99 Å². The van der Waals surface area contributed by atoms with Crippen molar-refractivity contribution < 1.29 is 0 Å². The Bertz CT molecular complexity index is 371. The number of aryl methyl sites for hydroxylation is 1. The van der Waals surface area contributed by atoms with Crippen LogP contribution in [0.3, 0.4) is 0 Å². The second-order valence-corrected chi connectivity index (χ2v) is 4.28. The largest absolute Gasteiger partial charge is 0.349 e. The van der Waals surface area contributed by atoms with Gasteiger partial charge in [0.05, 0.1) is 12.7 Å². The smallest absolute Gasteiger partial charge is 0.195 e. The van der Waals surface area contributed by atoms with E-state index in [1.807, 2.05) is 55.9 Å². The van der Waals surface area contributed by atoms with Gasteiger partial charge in [-0.3, -0.25) is 4.68 Å². The van der Waals surface area contributed by atoms with Crippen LogP contribution in [0.5, 0.6) is 0 Å². The molecule has 0 aliphatic rings. The Balaban J connectivity index is 0.00000256. The molecule has 0 unspecified atom stereocenters. The first-order valence-corrected chi connectivity index (χ1v) is 5.30. The minimum absolute atomic E-state index is 0. The lowest BCUT2D eigenvalue weighted by Gasteiger charge is -2.22. The molecule has 1 heterocycles. The van der Waals surface area contributed by atoms with Gasteiger partial charge >= 0.3 is 0 Å². The molecule has 0 spiro atoms. The zero-order valence-electron chi connectivity index (χ0n) is 11.4. The van der Waals surface area contributed by atoms with Crippen molar-refractivity contribution in [2.24, 2.45) is 12.0 Å². The van der Waals surface area contributed by atoms with Crippen molar-refractivity contribution in [1.29, 1.82) is 0 Å². The number of aliphatic imine (C=N–C) groups is 1. The molecule has 0 aliphatic carbocycles. The van der Waals surface area contributed by atoms with Crippen molar-refractivity contribution >= 4 is 29.9 Å². The number of halogens is 1. The average molecular weight is 351 g/mol. The van der Waals surface area contributed by atoms with E-state index in [0.717, 1.165) is 5.96 Å². The van der Waals surface area contributed by atoms with E-state index in [1.165, 1.54) is 11.3 Å². The van der Waals surface area contributed by atoms with Gasteiger partial charge in [0.2, 0.25) is 0 Å². The van der Waals surface area contributed by atoms with Crippen LogP contribution in [0.1, 0.15) is 11.3 Å². The number of hydrogen-bond acceptors (Lipinski definition) is 2. The van der Waals surface area contributed by atoms with E-state index in [2.05, 4.69) is 17.0 Å². The number of hydrogen-bond donors (Lipinski definition) is 0. The van der Waals surface area contributed by atoms with E-state index in [-0.39, 0.29) is 24.0 Å². The summed E-state index contributed by atoms with van der Waals surface area (Å²) >= 11 is 0. The van der Waals surface area contributed by atoms with Crippen LogP contribution in [-0.2, 0) is 13.6 Å². The first kappa shape index (κ1) is 16.2. The second kappa shape index (κ2) is 6.83. The highest BCUT2D eigenvalue weighted by atomic mass is 127. The van der Waals surface area contributed by atoms with E-state index < -0.39 is 0 Å². The molecule has 0 aliphatic heterocycles. The molecule has 0 aromatic carbocycles. The highest BCUT2D eigenvalue weighted by Crippen LogP contribution is 2.07. The van der Waals surface area contributed by atoms with Gasteiger partial charge in [0.1, 0.15) is 0 Å². The molecule has 0 radical (unpaired) electrons. The molecule has 1 rings (SSSR count).